The maximum Gasteiger partial charge on any atom is 0.407 e. The molecule has 0 spiro atoms. The summed E-state index contributed by atoms with van der Waals surface area (Å²) in [6.07, 6.45) is 3.53. The van der Waals surface area contributed by atoms with E-state index >= 15 is 4.39 Å². The maximum absolute atomic E-state index is 16.9. The number of methoxy groups -OCH3 is 2. The molecule has 10 rings (SSSR count). The quantitative estimate of drug-likeness (QED) is 0.142. The molecule has 2 N–H and O–H groups in total. The van der Waals surface area contributed by atoms with Crippen LogP contribution in [0.25, 0.3) is 33.3 Å². The fourth-order valence-corrected chi connectivity index (χ4v) is 12.6. The zero-order chi connectivity index (χ0) is 51.4. The second kappa shape index (κ2) is 24.1. The van der Waals surface area contributed by atoms with Crippen molar-refractivity contribution in [2.24, 2.45) is 21.8 Å². The second-order valence-electron chi connectivity index (χ2n) is 20.3. The van der Waals surface area contributed by atoms with Crippen molar-refractivity contribution in [1.82, 2.24) is 25.0 Å². The van der Waals surface area contributed by atoms with E-state index in [4.69, 9.17) is 28.9 Å². The molecule has 0 bridgehead atoms. The van der Waals surface area contributed by atoms with E-state index in [0.717, 1.165) is 64.1 Å². The number of benzene rings is 2. The number of hydrogen-bond donors (Lipinski definition) is 2. The number of carbonyl (C=O) groups excluding carboxylic acids is 4. The van der Waals surface area contributed by atoms with Gasteiger partial charge in [-0.1, -0.05) is 19.9 Å². The first-order valence-corrected chi connectivity index (χ1v) is 25.9. The molecule has 6 aliphatic heterocycles. The van der Waals surface area contributed by atoms with Gasteiger partial charge in [0.15, 0.2) is 0 Å². The van der Waals surface area contributed by atoms with Gasteiger partial charge in [-0.15, -0.1) is 11.3 Å². The number of hydrogen-bond acceptors (Lipinski definition) is 11. The van der Waals surface area contributed by atoms with Crippen LogP contribution in [0.4, 0.5) is 22.8 Å². The van der Waals surface area contributed by atoms with E-state index in [0.29, 0.717) is 66.8 Å². The summed E-state index contributed by atoms with van der Waals surface area (Å²) in [4.78, 5) is 66.7. The Kier molecular flexibility index (Phi) is 18.5. The lowest BCUT2D eigenvalue weighted by atomic mass is 9.85. The number of aromatic nitrogens is 1. The van der Waals surface area contributed by atoms with Gasteiger partial charge in [0.1, 0.15) is 23.7 Å². The standard InChI is InChI=1S/C54H60F3N7O8S.3H2S/c1-27(2)47(60-53(67)69-5)50(65)62-15-7-9-40(62)38-22-35(26-59-38)31-20-36(55)46-42-23-32-19-30(11-12-39(32)64(42)52(72-43(46)24-31)45-14-13-44(73-45)49(56)57)34-21-37(58-25-34)41-10-8-16-63(41)51(66)48(61-54(68)70-6)33-17-28(3)71-29(4)18-33;;;/h11-14,19-20,23-29,33,40-41,47-49,52H,7-10,15-18,21-22H2,1-6H3,(H,60,67)(H,61,68);3*1H2/t28-,29+,33?,40-,41-,47-,48?,52?;;;/m0.../s1. The summed E-state index contributed by atoms with van der Waals surface area (Å²) in [6, 6.07) is 11.9. The summed E-state index contributed by atoms with van der Waals surface area (Å²) in [5.41, 5.74) is 6.17. The van der Waals surface area contributed by atoms with Crippen LogP contribution in [0.1, 0.15) is 113 Å². The molecule has 3 fully saturated rings. The number of fused-ring (bicyclic) bond motifs is 5. The van der Waals surface area contributed by atoms with Crippen LogP contribution in [0, 0.1) is 17.7 Å². The third-order valence-corrected chi connectivity index (χ3v) is 16.3. The Morgan fingerprint density at radius 2 is 1.38 bits per heavy atom. The van der Waals surface area contributed by atoms with Crippen LogP contribution in [-0.4, -0.2) is 113 Å². The number of alkyl carbamates (subject to hydrolysis) is 2. The van der Waals surface area contributed by atoms with E-state index in [1.807, 2.05) is 67.6 Å². The lowest BCUT2D eigenvalue weighted by Gasteiger charge is -2.38. The summed E-state index contributed by atoms with van der Waals surface area (Å²) in [5.74, 6) is -0.986. The average Bonchev–Trinajstić information content (AvgIpc) is 4.23. The number of aliphatic imine (C=N–C) groups is 2. The fourth-order valence-electron chi connectivity index (χ4n) is 11.7. The summed E-state index contributed by atoms with van der Waals surface area (Å²) in [5, 5.41) is 6.31. The Morgan fingerprint density at radius 1 is 0.776 bits per heavy atom. The van der Waals surface area contributed by atoms with Crippen LogP contribution in [0.15, 0.2) is 70.9 Å². The van der Waals surface area contributed by atoms with Gasteiger partial charge in [-0.2, -0.15) is 40.5 Å². The van der Waals surface area contributed by atoms with Crippen molar-refractivity contribution in [2.45, 2.75) is 128 Å². The molecule has 4 amide bonds. The smallest absolute Gasteiger partial charge is 0.407 e. The van der Waals surface area contributed by atoms with Gasteiger partial charge in [-0.25, -0.2) is 22.8 Å². The van der Waals surface area contributed by atoms with E-state index in [9.17, 15) is 28.0 Å². The first-order chi connectivity index (χ1) is 35.1. The van der Waals surface area contributed by atoms with Gasteiger partial charge in [0.25, 0.3) is 6.43 Å². The van der Waals surface area contributed by atoms with Crippen molar-refractivity contribution in [3.05, 3.63) is 87.6 Å². The van der Waals surface area contributed by atoms with Crippen LogP contribution in [0.3, 0.4) is 0 Å². The number of nitrogens with zero attached hydrogens (tertiary/aromatic N) is 5. The zero-order valence-corrected chi connectivity index (χ0v) is 47.0. The Labute approximate surface area is 465 Å². The Bertz CT molecular complexity index is 2990. The van der Waals surface area contributed by atoms with Crippen molar-refractivity contribution < 1.29 is 51.3 Å². The summed E-state index contributed by atoms with van der Waals surface area (Å²) >= 11 is 0.942. The van der Waals surface area contributed by atoms with Crippen molar-refractivity contribution in [2.75, 3.05) is 27.3 Å². The average molecular weight is 1130 g/mol. The molecule has 8 atom stereocenters. The molecule has 2 aromatic carbocycles. The minimum absolute atomic E-state index is 0. The summed E-state index contributed by atoms with van der Waals surface area (Å²) in [7, 11) is 2.54. The van der Waals surface area contributed by atoms with E-state index < -0.39 is 42.7 Å². The number of rotatable bonds is 12. The number of likely N-dealkylation sites (tertiary alicyclic amines) is 2. The number of halogens is 3. The topological polar surface area (TPSA) is 165 Å². The Hall–Kier alpha value is -5.42. The molecule has 8 heterocycles. The Morgan fingerprint density at radius 3 is 1.97 bits per heavy atom. The number of alkyl halides is 2. The van der Waals surface area contributed by atoms with Gasteiger partial charge in [0, 0.05) is 55.1 Å². The molecule has 22 heteroatoms. The predicted molar refractivity (Wildman–Crippen MR) is 302 cm³/mol. The molecular formula is C54H66F3N7O8S4. The SMILES string of the molecule is COC(=O)NC(C(=O)N1CCC[C@H]1C1=NC=C(c2ccc3c(c2)cc2n3C(c3ccc(C(F)F)s3)Oc3cc(C4=CN=C([C@@H]5CCCN5C(=O)[C@@H](NC(=O)OC)C(C)C)C4)cc(F)c3-2)C1)C1C[C@@H](C)O[C@@H](C)C1.S.S.S. The van der Waals surface area contributed by atoms with Gasteiger partial charge in [0.2, 0.25) is 18.0 Å². The molecule has 2 aromatic heterocycles. The van der Waals surface area contributed by atoms with E-state index in [2.05, 4.69) is 10.6 Å². The molecule has 76 heavy (non-hydrogen) atoms. The van der Waals surface area contributed by atoms with Crippen LogP contribution >= 0.6 is 51.8 Å². The van der Waals surface area contributed by atoms with Gasteiger partial charge >= 0.3 is 12.2 Å². The first kappa shape index (κ1) is 58.3. The predicted octanol–water partition coefficient (Wildman–Crippen LogP) is 10.4. The highest BCUT2D eigenvalue weighted by molar-refractivity contribution is 7.59. The highest BCUT2D eigenvalue weighted by Crippen LogP contribution is 2.49. The molecular weight excluding hydrogens is 1060 g/mol. The van der Waals surface area contributed by atoms with Crippen molar-refractivity contribution in [3.63, 3.8) is 0 Å². The van der Waals surface area contributed by atoms with Crippen LogP contribution in [-0.2, 0) is 23.8 Å². The number of thiophene rings is 1. The normalized spacial score (nSPS) is 23.4. The van der Waals surface area contributed by atoms with Gasteiger partial charge in [0.05, 0.1) is 65.0 Å². The minimum Gasteiger partial charge on any atom is -0.464 e. The molecule has 4 aromatic rings. The largest absolute Gasteiger partial charge is 0.464 e. The molecule has 410 valence electrons. The minimum atomic E-state index is -2.68. The number of amides is 4. The zero-order valence-electron chi connectivity index (χ0n) is 43.2. The van der Waals surface area contributed by atoms with Crippen LogP contribution < -0.4 is 15.4 Å². The number of carbonyl (C=O) groups is 4. The first-order valence-electron chi connectivity index (χ1n) is 25.1. The molecule has 0 aliphatic carbocycles. The third-order valence-electron chi connectivity index (χ3n) is 15.1. The fraction of sp³-hybridized carbons (Fsp3) is 0.481. The second-order valence-corrected chi connectivity index (χ2v) is 21.4. The molecule has 15 nitrogen and oxygen atoms in total. The lowest BCUT2D eigenvalue weighted by molar-refractivity contribution is -0.137. The van der Waals surface area contributed by atoms with E-state index in [-0.39, 0.29) is 105 Å². The van der Waals surface area contributed by atoms with Gasteiger partial charge in [-0.05, 0) is 129 Å². The Balaban J connectivity index is 0.00000280. The van der Waals surface area contributed by atoms with Crippen LogP contribution in [0.2, 0.25) is 0 Å². The molecule has 3 saturated heterocycles. The van der Waals surface area contributed by atoms with Gasteiger partial charge < -0.3 is 39.4 Å². The number of ether oxygens (including phenoxy) is 4. The molecule has 6 aliphatic rings. The highest BCUT2D eigenvalue weighted by atomic mass is 32.1. The van der Waals surface area contributed by atoms with Crippen molar-refractivity contribution >= 4 is 109 Å². The summed E-state index contributed by atoms with van der Waals surface area (Å²) in [6.45, 7) is 8.71. The molecule has 3 unspecified atom stereocenters. The maximum atomic E-state index is 16.9. The number of allylic oxidation sites excluding steroid dienone is 2. The monoisotopic (exact) mass is 1130 g/mol. The molecule has 0 saturated carbocycles. The lowest BCUT2D eigenvalue weighted by Crippen LogP contribution is -2.56. The summed E-state index contributed by atoms with van der Waals surface area (Å²) < 4.78 is 69.4. The van der Waals surface area contributed by atoms with Crippen LogP contribution in [0.5, 0.6) is 5.75 Å². The van der Waals surface area contributed by atoms with Crippen molar-refractivity contribution in [1.29, 1.82) is 0 Å². The van der Waals surface area contributed by atoms with E-state index in [1.54, 1.807) is 23.2 Å². The van der Waals surface area contributed by atoms with Gasteiger partial charge in [-0.3, -0.25) is 24.1 Å². The number of nitrogens with one attached hydrogen (secondary N) is 2. The molecule has 0 radical (unpaired) electrons. The van der Waals surface area contributed by atoms with E-state index in [1.165, 1.54) is 26.4 Å². The highest BCUT2D eigenvalue weighted by Gasteiger charge is 2.43. The third kappa shape index (κ3) is 11.3. The van der Waals surface area contributed by atoms with Crippen molar-refractivity contribution in [3.8, 4) is 17.0 Å².